The Morgan fingerprint density at radius 2 is 1.34 bits per heavy atom. The number of hydrogen-bond donors (Lipinski definition) is 0. The molecule has 0 atom stereocenters. The van der Waals surface area contributed by atoms with Crippen molar-refractivity contribution < 1.29 is 19.1 Å². The number of carbonyl (C=O) groups is 2. The van der Waals surface area contributed by atoms with E-state index in [0.29, 0.717) is 11.4 Å². The van der Waals surface area contributed by atoms with E-state index in [1.165, 1.54) is 7.11 Å². The number of rotatable bonds is 5. The van der Waals surface area contributed by atoms with Gasteiger partial charge in [0.2, 0.25) is 5.91 Å². The molecule has 0 aliphatic heterocycles. The molecule has 6 nitrogen and oxygen atoms in total. The molecule has 0 saturated heterocycles. The Morgan fingerprint density at radius 3 is 1.89 bits per heavy atom. The predicted molar refractivity (Wildman–Crippen MR) is 144 cm³/mol. The van der Waals surface area contributed by atoms with Crippen molar-refractivity contribution in [2.45, 2.75) is 61.8 Å². The first kappa shape index (κ1) is 31.3. The van der Waals surface area contributed by atoms with Gasteiger partial charge >= 0.3 is 6.09 Å². The van der Waals surface area contributed by atoms with Crippen LogP contribution in [0.25, 0.3) is 0 Å². The van der Waals surface area contributed by atoms with Crippen molar-refractivity contribution in [1.82, 2.24) is 4.98 Å². The number of nitrogens with zero attached hydrogens (tertiary/aromatic N) is 2. The number of methoxy groups -OCH3 is 1. The Balaban J connectivity index is 0.00000179. The number of ether oxygens (including phenoxy) is 2. The molecule has 0 aliphatic rings. The van der Waals surface area contributed by atoms with Crippen LogP contribution < -0.4 is 9.64 Å². The van der Waals surface area contributed by atoms with Crippen LogP contribution in [0, 0.1) is 13.8 Å². The third-order valence-electron chi connectivity index (χ3n) is 4.53. The van der Waals surface area contributed by atoms with E-state index < -0.39 is 6.09 Å². The summed E-state index contributed by atoms with van der Waals surface area (Å²) in [5, 5.41) is 0. The van der Waals surface area contributed by atoms with Crippen LogP contribution in [0.15, 0.2) is 66.9 Å². The van der Waals surface area contributed by atoms with Crippen molar-refractivity contribution in [3.8, 4) is 11.5 Å². The Labute approximate surface area is 210 Å². The van der Waals surface area contributed by atoms with E-state index in [1.807, 2.05) is 85.7 Å². The number of imide groups is 1. The lowest BCUT2D eigenvalue weighted by molar-refractivity contribution is -0.117. The van der Waals surface area contributed by atoms with Crippen molar-refractivity contribution in [1.29, 1.82) is 0 Å². The molecular formula is C29H40N2O4. The summed E-state index contributed by atoms with van der Waals surface area (Å²) in [6.45, 7) is 15.6. The number of para-hydroxylation sites is 1. The van der Waals surface area contributed by atoms with Crippen LogP contribution in [-0.4, -0.2) is 24.1 Å². The first-order chi connectivity index (χ1) is 17.0. The van der Waals surface area contributed by atoms with Gasteiger partial charge in [-0.15, -0.1) is 0 Å². The number of benzene rings is 2. The highest BCUT2D eigenvalue weighted by molar-refractivity contribution is 6.13. The molecule has 0 spiro atoms. The van der Waals surface area contributed by atoms with Crippen LogP contribution in [-0.2, 0) is 16.0 Å². The van der Waals surface area contributed by atoms with Gasteiger partial charge in [0.25, 0.3) is 0 Å². The van der Waals surface area contributed by atoms with E-state index in [2.05, 4.69) is 4.98 Å². The van der Waals surface area contributed by atoms with Crippen molar-refractivity contribution in [3.05, 3.63) is 83.7 Å². The van der Waals surface area contributed by atoms with Crippen molar-refractivity contribution in [3.63, 3.8) is 0 Å². The van der Waals surface area contributed by atoms with Crippen LogP contribution in [0.3, 0.4) is 0 Å². The fourth-order valence-electron chi connectivity index (χ4n) is 2.85. The van der Waals surface area contributed by atoms with E-state index in [9.17, 15) is 9.59 Å². The topological polar surface area (TPSA) is 68.7 Å². The molecule has 2 amide bonds. The van der Waals surface area contributed by atoms with E-state index in [1.54, 1.807) is 36.5 Å². The number of hydrogen-bond acceptors (Lipinski definition) is 5. The second-order valence-electron chi connectivity index (χ2n) is 6.48. The summed E-state index contributed by atoms with van der Waals surface area (Å²) in [4.78, 5) is 30.5. The molecule has 1 aromatic heterocycles. The molecule has 0 radical (unpaired) electrons. The number of aryl methyl sites for hydroxylation is 1. The van der Waals surface area contributed by atoms with Gasteiger partial charge in [-0.25, -0.2) is 9.69 Å². The first-order valence-corrected chi connectivity index (χ1v) is 12.1. The minimum Gasteiger partial charge on any atom is -0.457 e. The summed E-state index contributed by atoms with van der Waals surface area (Å²) in [6.07, 6.45) is 0.880. The van der Waals surface area contributed by atoms with Gasteiger partial charge in [-0.05, 0) is 55.3 Å². The predicted octanol–water partition coefficient (Wildman–Crippen LogP) is 7.91. The Morgan fingerprint density at radius 1 is 0.800 bits per heavy atom. The summed E-state index contributed by atoms with van der Waals surface area (Å²) in [7, 11) is 1.25. The summed E-state index contributed by atoms with van der Waals surface area (Å²) in [5.74, 6) is 1.01. The summed E-state index contributed by atoms with van der Waals surface area (Å²) < 4.78 is 10.6. The normalized spacial score (nSPS) is 9.06. The van der Waals surface area contributed by atoms with Gasteiger partial charge in [0.05, 0.1) is 19.2 Å². The zero-order valence-corrected chi connectivity index (χ0v) is 22.6. The zero-order chi connectivity index (χ0) is 26.8. The third-order valence-corrected chi connectivity index (χ3v) is 4.53. The first-order valence-electron chi connectivity index (χ1n) is 12.1. The number of aromatic nitrogens is 1. The van der Waals surface area contributed by atoms with Crippen molar-refractivity contribution >= 4 is 17.7 Å². The van der Waals surface area contributed by atoms with Crippen LogP contribution in [0.1, 0.15) is 58.4 Å². The zero-order valence-electron chi connectivity index (χ0n) is 22.6. The Hall–Kier alpha value is -3.67. The highest BCUT2D eigenvalue weighted by Gasteiger charge is 2.26. The number of carbonyl (C=O) groups excluding carboxylic acids is 2. The summed E-state index contributed by atoms with van der Waals surface area (Å²) >= 11 is 0. The highest BCUT2D eigenvalue weighted by atomic mass is 16.5. The number of pyridine rings is 1. The standard InChI is InChI=1S/C23H22N2O4.3C2H6/c1-16-17(2)24-14-13-21(16)25(23(27)28-3)22(26)15-18-9-11-20(12-10-18)29-19-7-5-4-6-8-19;3*1-2/h4-14H,15H2,1-3H3;3*1-2H3. The quantitative estimate of drug-likeness (QED) is 0.371. The van der Waals surface area contributed by atoms with Crippen LogP contribution in [0.4, 0.5) is 10.5 Å². The van der Waals surface area contributed by atoms with Gasteiger partial charge in [0, 0.05) is 11.9 Å². The number of amides is 2. The van der Waals surface area contributed by atoms with Gasteiger partial charge < -0.3 is 9.47 Å². The van der Waals surface area contributed by atoms with E-state index in [-0.39, 0.29) is 12.3 Å². The van der Waals surface area contributed by atoms with Crippen LogP contribution in [0.5, 0.6) is 11.5 Å². The van der Waals surface area contributed by atoms with E-state index in [0.717, 1.165) is 27.5 Å². The second kappa shape index (κ2) is 17.8. The van der Waals surface area contributed by atoms with Gasteiger partial charge in [0.1, 0.15) is 11.5 Å². The molecule has 0 aliphatic carbocycles. The van der Waals surface area contributed by atoms with Gasteiger partial charge in [-0.3, -0.25) is 9.78 Å². The molecular weight excluding hydrogens is 440 g/mol. The summed E-state index contributed by atoms with van der Waals surface area (Å²) in [6, 6.07) is 18.3. The molecule has 0 N–H and O–H groups in total. The van der Waals surface area contributed by atoms with E-state index in [4.69, 9.17) is 9.47 Å². The summed E-state index contributed by atoms with van der Waals surface area (Å²) in [5.41, 5.74) is 2.72. The van der Waals surface area contributed by atoms with Gasteiger partial charge in [-0.2, -0.15) is 0 Å². The molecule has 3 rings (SSSR count). The lowest BCUT2D eigenvalue weighted by Crippen LogP contribution is -2.38. The lowest BCUT2D eigenvalue weighted by Gasteiger charge is -2.22. The minimum atomic E-state index is -0.729. The highest BCUT2D eigenvalue weighted by Crippen LogP contribution is 2.24. The SMILES string of the molecule is CC.CC.CC.COC(=O)N(C(=O)Cc1ccc(Oc2ccccc2)cc1)c1ccnc(C)c1C. The fourth-order valence-corrected chi connectivity index (χ4v) is 2.85. The maximum absolute atomic E-state index is 12.9. The van der Waals surface area contributed by atoms with E-state index >= 15 is 0 Å². The average molecular weight is 481 g/mol. The average Bonchev–Trinajstić information content (AvgIpc) is 2.92. The van der Waals surface area contributed by atoms with Crippen LogP contribution >= 0.6 is 0 Å². The smallest absolute Gasteiger partial charge is 0.420 e. The van der Waals surface area contributed by atoms with Crippen molar-refractivity contribution in [2.24, 2.45) is 0 Å². The monoisotopic (exact) mass is 480 g/mol. The fraction of sp³-hybridized carbons (Fsp3) is 0.345. The molecule has 0 fully saturated rings. The number of anilines is 1. The minimum absolute atomic E-state index is 0.0432. The molecule has 6 heteroatoms. The van der Waals surface area contributed by atoms with Crippen molar-refractivity contribution in [2.75, 3.05) is 12.0 Å². The second-order valence-corrected chi connectivity index (χ2v) is 6.48. The molecule has 0 bridgehead atoms. The largest absolute Gasteiger partial charge is 0.457 e. The molecule has 1 heterocycles. The maximum Gasteiger partial charge on any atom is 0.420 e. The molecule has 190 valence electrons. The molecule has 35 heavy (non-hydrogen) atoms. The van der Waals surface area contributed by atoms with Gasteiger partial charge in [-0.1, -0.05) is 71.9 Å². The molecule has 2 aromatic carbocycles. The Bertz CT molecular complexity index is 1000. The molecule has 0 saturated carbocycles. The van der Waals surface area contributed by atoms with Crippen LogP contribution in [0.2, 0.25) is 0 Å². The Kier molecular flexibility index (Phi) is 15.9. The third kappa shape index (κ3) is 9.61. The maximum atomic E-state index is 12.9. The lowest BCUT2D eigenvalue weighted by atomic mass is 10.1. The molecule has 3 aromatic rings. The van der Waals surface area contributed by atoms with Gasteiger partial charge in [0.15, 0.2) is 0 Å². The molecule has 0 unspecified atom stereocenters.